The van der Waals surface area contributed by atoms with Crippen LogP contribution in [0.1, 0.15) is 23.5 Å². The van der Waals surface area contributed by atoms with Crippen molar-refractivity contribution in [2.24, 2.45) is 11.8 Å². The van der Waals surface area contributed by atoms with Crippen LogP contribution in [0.25, 0.3) is 11.1 Å². The molecule has 1 aliphatic heterocycles. The third kappa shape index (κ3) is 4.43. The molecule has 2 aromatic rings. The molecule has 8 nitrogen and oxygen atoms in total. The summed E-state index contributed by atoms with van der Waals surface area (Å²) >= 11 is 0. The van der Waals surface area contributed by atoms with Crippen LogP contribution in [0.4, 0.5) is 4.79 Å². The number of likely N-dealkylation sites (tertiary alicyclic amines) is 1. The largest absolute Gasteiger partial charge is 0.480 e. The van der Waals surface area contributed by atoms with Gasteiger partial charge in [-0.1, -0.05) is 48.5 Å². The van der Waals surface area contributed by atoms with E-state index in [1.807, 2.05) is 24.3 Å². The highest BCUT2D eigenvalue weighted by molar-refractivity contribution is 5.83. The number of carboxylic acids is 1. The first-order valence-corrected chi connectivity index (χ1v) is 11.2. The normalized spacial score (nSPS) is 21.0. The van der Waals surface area contributed by atoms with Gasteiger partial charge < -0.3 is 24.8 Å². The number of hydrogen-bond donors (Lipinski definition) is 2. The van der Waals surface area contributed by atoms with Gasteiger partial charge in [0.1, 0.15) is 13.2 Å². The van der Waals surface area contributed by atoms with E-state index in [9.17, 15) is 14.4 Å². The maximum atomic E-state index is 12.5. The van der Waals surface area contributed by atoms with Gasteiger partial charge in [-0.05, 0) is 34.6 Å². The van der Waals surface area contributed by atoms with Gasteiger partial charge in [0.05, 0.1) is 6.10 Å². The molecule has 3 aliphatic rings. The zero-order valence-corrected chi connectivity index (χ0v) is 18.1. The van der Waals surface area contributed by atoms with Crippen molar-refractivity contribution in [3.05, 3.63) is 59.7 Å². The number of aliphatic carboxylic acids is 1. The lowest BCUT2D eigenvalue weighted by Gasteiger charge is -2.38. The molecule has 0 bridgehead atoms. The van der Waals surface area contributed by atoms with Crippen LogP contribution in [-0.4, -0.2) is 66.9 Å². The summed E-state index contributed by atoms with van der Waals surface area (Å²) in [6.45, 7) is 1.17. The van der Waals surface area contributed by atoms with E-state index in [2.05, 4.69) is 29.6 Å². The van der Waals surface area contributed by atoms with Crippen molar-refractivity contribution < 1.29 is 29.0 Å². The molecule has 2 aromatic carbocycles. The average molecular weight is 450 g/mol. The molecule has 0 unspecified atom stereocenters. The number of benzene rings is 2. The van der Waals surface area contributed by atoms with Crippen molar-refractivity contribution >= 4 is 18.0 Å². The van der Waals surface area contributed by atoms with Crippen LogP contribution in [0.5, 0.6) is 0 Å². The summed E-state index contributed by atoms with van der Waals surface area (Å²) < 4.78 is 10.7. The summed E-state index contributed by atoms with van der Waals surface area (Å²) in [6.07, 6.45) is 0.0573. The van der Waals surface area contributed by atoms with Crippen molar-refractivity contribution in [2.45, 2.75) is 18.4 Å². The number of fused-ring (bicyclic) bond motifs is 3. The number of nitrogens with one attached hydrogen (secondary N) is 1. The summed E-state index contributed by atoms with van der Waals surface area (Å²) in [5, 5.41) is 11.4. The second-order valence-electron chi connectivity index (χ2n) is 8.88. The Balaban J connectivity index is 1.05. The number of hydrogen-bond acceptors (Lipinski definition) is 5. The van der Waals surface area contributed by atoms with Gasteiger partial charge in [-0.15, -0.1) is 0 Å². The molecule has 5 rings (SSSR count). The molecule has 172 valence electrons. The third-order valence-corrected chi connectivity index (χ3v) is 6.69. The van der Waals surface area contributed by atoms with Crippen LogP contribution in [0, 0.1) is 11.8 Å². The van der Waals surface area contributed by atoms with E-state index in [1.54, 1.807) is 4.90 Å². The number of rotatable bonds is 8. The average Bonchev–Trinajstić information content (AvgIpc) is 3.50. The standard InChI is InChI=1S/C25H26N2O6/c28-23(29)14-32-16-11-27(12-16)24(30)21-9-15(21)10-26-25(31)33-13-22-19-7-3-1-5-17(19)18-6-2-4-8-20(18)22/h1-8,15-16,21-22H,9-14H2,(H,26,31)(H,28,29)/t15-,21-/m0/s1. The van der Waals surface area contributed by atoms with Crippen molar-refractivity contribution in [1.82, 2.24) is 10.2 Å². The summed E-state index contributed by atoms with van der Waals surface area (Å²) in [5.74, 6) is -0.941. The molecule has 0 aromatic heterocycles. The molecular formula is C25H26N2O6. The van der Waals surface area contributed by atoms with Crippen LogP contribution in [0.3, 0.4) is 0 Å². The van der Waals surface area contributed by atoms with Crippen LogP contribution in [0.15, 0.2) is 48.5 Å². The number of nitrogens with zero attached hydrogens (tertiary/aromatic N) is 1. The smallest absolute Gasteiger partial charge is 0.407 e. The first-order valence-electron chi connectivity index (χ1n) is 11.2. The molecule has 2 amide bonds. The molecule has 0 spiro atoms. The van der Waals surface area contributed by atoms with Gasteiger partial charge >= 0.3 is 12.1 Å². The van der Waals surface area contributed by atoms with Crippen molar-refractivity contribution in [3.8, 4) is 11.1 Å². The quantitative estimate of drug-likeness (QED) is 0.640. The van der Waals surface area contributed by atoms with Gasteiger partial charge in [-0.25, -0.2) is 9.59 Å². The van der Waals surface area contributed by atoms with Gasteiger partial charge in [0.15, 0.2) is 0 Å². The van der Waals surface area contributed by atoms with Crippen LogP contribution >= 0.6 is 0 Å². The number of carbonyl (C=O) groups is 3. The van der Waals surface area contributed by atoms with E-state index >= 15 is 0 Å². The number of carbonyl (C=O) groups excluding carboxylic acids is 2. The minimum atomic E-state index is -1.01. The van der Waals surface area contributed by atoms with E-state index in [0.717, 1.165) is 6.42 Å². The molecule has 1 heterocycles. The molecule has 2 aliphatic carbocycles. The molecule has 1 saturated heterocycles. The van der Waals surface area contributed by atoms with Crippen LogP contribution < -0.4 is 5.32 Å². The highest BCUT2D eigenvalue weighted by atomic mass is 16.5. The Morgan fingerprint density at radius 1 is 1.00 bits per heavy atom. The SMILES string of the molecule is O=C(O)COC1CN(C(=O)[C@H]2C[C@H]2CNC(=O)OCC2c3ccccc3-c3ccccc32)C1. The fourth-order valence-corrected chi connectivity index (χ4v) is 4.79. The third-order valence-electron chi connectivity index (χ3n) is 6.69. The van der Waals surface area contributed by atoms with Crippen molar-refractivity contribution in [3.63, 3.8) is 0 Å². The topological polar surface area (TPSA) is 105 Å². The Morgan fingerprint density at radius 2 is 1.64 bits per heavy atom. The van der Waals surface area contributed by atoms with E-state index in [0.29, 0.717) is 19.6 Å². The Morgan fingerprint density at radius 3 is 2.27 bits per heavy atom. The summed E-state index contributed by atoms with van der Waals surface area (Å²) in [5.41, 5.74) is 4.70. The predicted octanol–water partition coefficient (Wildman–Crippen LogP) is 2.47. The molecule has 2 atom stereocenters. The monoisotopic (exact) mass is 450 g/mol. The van der Waals surface area contributed by atoms with Gasteiger partial charge in [0.25, 0.3) is 0 Å². The van der Waals surface area contributed by atoms with Gasteiger partial charge in [-0.3, -0.25) is 4.79 Å². The number of amides is 2. The molecule has 2 fully saturated rings. The Labute approximate surface area is 191 Å². The Kier molecular flexibility index (Phi) is 5.76. The zero-order chi connectivity index (χ0) is 22.9. The van der Waals surface area contributed by atoms with Crippen molar-refractivity contribution in [1.29, 1.82) is 0 Å². The van der Waals surface area contributed by atoms with E-state index in [1.165, 1.54) is 22.3 Å². The lowest BCUT2D eigenvalue weighted by molar-refractivity contribution is -0.155. The molecule has 1 saturated carbocycles. The minimum Gasteiger partial charge on any atom is -0.480 e. The number of carboxylic acid groups (broad SMARTS) is 1. The van der Waals surface area contributed by atoms with E-state index < -0.39 is 12.1 Å². The fourth-order valence-electron chi connectivity index (χ4n) is 4.79. The van der Waals surface area contributed by atoms with Crippen LogP contribution in [-0.2, 0) is 19.1 Å². The van der Waals surface area contributed by atoms with Gasteiger partial charge in [0, 0.05) is 31.5 Å². The lowest BCUT2D eigenvalue weighted by Crippen LogP contribution is -2.55. The first-order chi connectivity index (χ1) is 16.0. The first kappa shape index (κ1) is 21.5. The second kappa shape index (κ2) is 8.86. The molecule has 33 heavy (non-hydrogen) atoms. The minimum absolute atomic E-state index is 0.0149. The maximum Gasteiger partial charge on any atom is 0.407 e. The molecular weight excluding hydrogens is 424 g/mol. The number of alkyl carbamates (subject to hydrolysis) is 1. The lowest BCUT2D eigenvalue weighted by atomic mass is 9.98. The van der Waals surface area contributed by atoms with E-state index in [4.69, 9.17) is 14.6 Å². The predicted molar refractivity (Wildman–Crippen MR) is 119 cm³/mol. The summed E-state index contributed by atoms with van der Waals surface area (Å²) in [7, 11) is 0. The fraction of sp³-hybridized carbons (Fsp3) is 0.400. The number of ether oxygens (including phenoxy) is 2. The van der Waals surface area contributed by atoms with Gasteiger partial charge in [0.2, 0.25) is 5.91 Å². The van der Waals surface area contributed by atoms with Crippen LogP contribution in [0.2, 0.25) is 0 Å². The van der Waals surface area contributed by atoms with Gasteiger partial charge in [-0.2, -0.15) is 0 Å². The Hall–Kier alpha value is -3.39. The molecule has 8 heteroatoms. The zero-order valence-electron chi connectivity index (χ0n) is 18.1. The summed E-state index contributed by atoms with van der Waals surface area (Å²) in [4.78, 5) is 37.0. The maximum absolute atomic E-state index is 12.5. The van der Waals surface area contributed by atoms with E-state index in [-0.39, 0.29) is 43.0 Å². The second-order valence-corrected chi connectivity index (χ2v) is 8.88. The Bertz CT molecular complexity index is 1030. The highest BCUT2D eigenvalue weighted by Crippen LogP contribution is 2.44. The molecule has 2 N–H and O–H groups in total. The van der Waals surface area contributed by atoms with Crippen molar-refractivity contribution in [2.75, 3.05) is 32.8 Å². The highest BCUT2D eigenvalue weighted by Gasteiger charge is 2.47. The molecule has 0 radical (unpaired) electrons. The summed E-state index contributed by atoms with van der Waals surface area (Å²) in [6, 6.07) is 16.4.